The monoisotopic (exact) mass is 340 g/mol. The highest BCUT2D eigenvalue weighted by Crippen LogP contribution is 2.28. The third-order valence-corrected chi connectivity index (χ3v) is 3.26. The second-order valence-corrected chi connectivity index (χ2v) is 4.58. The highest BCUT2D eigenvalue weighted by molar-refractivity contribution is 5.91. The van der Waals surface area contributed by atoms with Crippen molar-refractivity contribution >= 4 is 17.3 Å². The minimum atomic E-state index is -0.503. The summed E-state index contributed by atoms with van der Waals surface area (Å²) in [4.78, 5) is 10.7. The van der Waals surface area contributed by atoms with Crippen molar-refractivity contribution in [2.45, 2.75) is 13.8 Å². The van der Waals surface area contributed by atoms with Crippen LogP contribution >= 0.6 is 0 Å². The maximum Gasteiger partial charge on any atom is 0.280 e. The van der Waals surface area contributed by atoms with E-state index in [1.54, 1.807) is 43.5 Å². The molecule has 0 heterocycles. The van der Waals surface area contributed by atoms with Crippen molar-refractivity contribution in [1.29, 1.82) is 5.26 Å². The van der Waals surface area contributed by atoms with Crippen LogP contribution < -0.4 is 9.47 Å². The molecule has 0 amide bonds. The molecule has 0 atom stereocenters. The van der Waals surface area contributed by atoms with E-state index in [9.17, 15) is 15.4 Å². The van der Waals surface area contributed by atoms with Gasteiger partial charge in [-0.05, 0) is 48.0 Å². The Morgan fingerprint density at radius 3 is 2.12 bits per heavy atom. The van der Waals surface area contributed by atoms with Crippen molar-refractivity contribution < 1.29 is 14.4 Å². The van der Waals surface area contributed by atoms with E-state index in [1.807, 2.05) is 13.8 Å². The van der Waals surface area contributed by atoms with E-state index in [0.29, 0.717) is 28.2 Å². The van der Waals surface area contributed by atoms with Gasteiger partial charge in [-0.15, -0.1) is 0 Å². The Kier molecular flexibility index (Phi) is 7.67. The molecule has 0 unspecified atom stereocenters. The van der Waals surface area contributed by atoms with Gasteiger partial charge in [0.1, 0.15) is 11.5 Å². The van der Waals surface area contributed by atoms with Gasteiger partial charge >= 0.3 is 0 Å². The third-order valence-electron chi connectivity index (χ3n) is 3.26. The lowest BCUT2D eigenvalue weighted by Crippen LogP contribution is -1.94. The molecule has 0 aliphatic carbocycles. The lowest BCUT2D eigenvalue weighted by Gasteiger charge is -2.04. The van der Waals surface area contributed by atoms with Crippen molar-refractivity contribution in [2.24, 2.45) is 0 Å². The van der Waals surface area contributed by atoms with Crippen LogP contribution in [-0.2, 0) is 0 Å². The summed E-state index contributed by atoms with van der Waals surface area (Å²) in [6, 6.07) is 13.5. The average molecular weight is 340 g/mol. The van der Waals surface area contributed by atoms with Crippen LogP contribution in [0.3, 0.4) is 0 Å². The van der Waals surface area contributed by atoms with E-state index in [2.05, 4.69) is 6.07 Å². The molecule has 0 spiro atoms. The zero-order chi connectivity index (χ0) is 18.8. The van der Waals surface area contributed by atoms with Gasteiger partial charge < -0.3 is 9.47 Å². The Bertz CT molecular complexity index is 790. The van der Waals surface area contributed by atoms with Gasteiger partial charge in [0.05, 0.1) is 42.4 Å². The number of hydrogen-bond acceptors (Lipinski definition) is 5. The summed E-state index contributed by atoms with van der Waals surface area (Å²) in [5, 5.41) is 20.6. The fraction of sp³-hybridized carbons (Fsp3) is 0.211. The van der Waals surface area contributed by atoms with Gasteiger partial charge in [-0.2, -0.15) is 5.26 Å². The molecule has 6 heteroatoms. The second-order valence-electron chi connectivity index (χ2n) is 4.58. The SMILES string of the molecule is CC.COc1ccc(/C(C#N)=C/c2ccc(OC)cc2[N+](=O)[O-])cc1. The van der Waals surface area contributed by atoms with Crippen LogP contribution in [0.15, 0.2) is 42.5 Å². The predicted octanol–water partition coefficient (Wildman–Crippen LogP) is 4.70. The molecule has 2 aromatic carbocycles. The van der Waals surface area contributed by atoms with Crippen molar-refractivity contribution in [1.82, 2.24) is 0 Å². The number of nitrogens with zero attached hydrogens (tertiary/aromatic N) is 2. The summed E-state index contributed by atoms with van der Waals surface area (Å²) in [7, 11) is 2.99. The van der Waals surface area contributed by atoms with E-state index in [4.69, 9.17) is 9.47 Å². The minimum Gasteiger partial charge on any atom is -0.497 e. The van der Waals surface area contributed by atoms with Crippen LogP contribution in [0.2, 0.25) is 0 Å². The standard InChI is InChI=1S/C17H14N2O4.C2H6/c1-22-15-6-3-12(4-7-15)14(11-18)9-13-5-8-16(23-2)10-17(13)19(20)21;1-2/h3-10H,1-2H3;1-2H3/b14-9+;. The van der Waals surface area contributed by atoms with Gasteiger partial charge in [0.25, 0.3) is 5.69 Å². The Balaban J connectivity index is 0.00000151. The normalized spacial score (nSPS) is 10.1. The lowest BCUT2D eigenvalue weighted by atomic mass is 10.0. The highest BCUT2D eigenvalue weighted by Gasteiger charge is 2.14. The topological polar surface area (TPSA) is 85.4 Å². The number of nitro groups is 1. The number of rotatable bonds is 5. The van der Waals surface area contributed by atoms with Gasteiger partial charge in [0.2, 0.25) is 0 Å². The quantitative estimate of drug-likeness (QED) is 0.341. The molecule has 0 saturated heterocycles. The van der Waals surface area contributed by atoms with Crippen molar-refractivity contribution in [2.75, 3.05) is 14.2 Å². The number of ether oxygens (including phenoxy) is 2. The predicted molar refractivity (Wildman–Crippen MR) is 97.5 cm³/mol. The highest BCUT2D eigenvalue weighted by atomic mass is 16.6. The largest absolute Gasteiger partial charge is 0.497 e. The molecule has 2 aromatic rings. The number of methoxy groups -OCH3 is 2. The zero-order valence-corrected chi connectivity index (χ0v) is 14.6. The second kappa shape index (κ2) is 9.73. The average Bonchev–Trinajstić information content (AvgIpc) is 2.67. The van der Waals surface area contributed by atoms with Gasteiger partial charge in [0.15, 0.2) is 0 Å². The number of nitriles is 1. The molecular weight excluding hydrogens is 320 g/mol. The molecule has 0 fully saturated rings. The summed E-state index contributed by atoms with van der Waals surface area (Å²) in [5.74, 6) is 1.05. The lowest BCUT2D eigenvalue weighted by molar-refractivity contribution is -0.385. The summed E-state index contributed by atoms with van der Waals surface area (Å²) >= 11 is 0. The van der Waals surface area contributed by atoms with Gasteiger partial charge in [-0.1, -0.05) is 13.8 Å². The van der Waals surface area contributed by atoms with Crippen LogP contribution in [0, 0.1) is 21.4 Å². The maximum atomic E-state index is 11.2. The van der Waals surface area contributed by atoms with E-state index < -0.39 is 4.92 Å². The molecular formula is C19H20N2O4. The van der Waals surface area contributed by atoms with Crippen LogP contribution in [0.1, 0.15) is 25.0 Å². The minimum absolute atomic E-state index is 0.120. The first-order valence-electron chi connectivity index (χ1n) is 7.67. The number of nitro benzene ring substituents is 1. The van der Waals surface area contributed by atoms with Crippen molar-refractivity contribution in [3.8, 4) is 17.6 Å². The molecule has 6 nitrogen and oxygen atoms in total. The summed E-state index contributed by atoms with van der Waals surface area (Å²) in [6.45, 7) is 4.00. The molecule has 0 aliphatic rings. The molecule has 0 N–H and O–H groups in total. The molecule has 2 rings (SSSR count). The van der Waals surface area contributed by atoms with Crippen LogP contribution in [-0.4, -0.2) is 19.1 Å². The summed E-state index contributed by atoms with van der Waals surface area (Å²) < 4.78 is 10.1. The number of allylic oxidation sites excluding steroid dienone is 1. The van der Waals surface area contributed by atoms with E-state index in [1.165, 1.54) is 19.3 Å². The number of benzene rings is 2. The fourth-order valence-electron chi connectivity index (χ4n) is 2.04. The Morgan fingerprint density at radius 1 is 1.08 bits per heavy atom. The molecule has 0 radical (unpaired) electrons. The first kappa shape index (κ1) is 19.7. The van der Waals surface area contributed by atoms with Gasteiger partial charge in [-0.3, -0.25) is 10.1 Å². The van der Waals surface area contributed by atoms with Gasteiger partial charge in [0, 0.05) is 0 Å². The van der Waals surface area contributed by atoms with Crippen LogP contribution in [0.5, 0.6) is 11.5 Å². The molecule has 0 aromatic heterocycles. The summed E-state index contributed by atoms with van der Waals surface area (Å²) in [5.41, 5.74) is 1.19. The van der Waals surface area contributed by atoms with E-state index >= 15 is 0 Å². The third kappa shape index (κ3) is 5.08. The van der Waals surface area contributed by atoms with Crippen molar-refractivity contribution in [3.05, 3.63) is 63.7 Å². The van der Waals surface area contributed by atoms with Crippen LogP contribution in [0.4, 0.5) is 5.69 Å². The first-order valence-corrected chi connectivity index (χ1v) is 7.67. The van der Waals surface area contributed by atoms with Crippen LogP contribution in [0.25, 0.3) is 11.6 Å². The zero-order valence-electron chi connectivity index (χ0n) is 14.6. The molecule has 0 aliphatic heterocycles. The number of hydrogen-bond donors (Lipinski definition) is 0. The van der Waals surface area contributed by atoms with E-state index in [0.717, 1.165) is 0 Å². The molecule has 0 bridgehead atoms. The Morgan fingerprint density at radius 2 is 1.64 bits per heavy atom. The molecule has 25 heavy (non-hydrogen) atoms. The smallest absolute Gasteiger partial charge is 0.280 e. The molecule has 0 saturated carbocycles. The fourth-order valence-corrected chi connectivity index (χ4v) is 2.04. The Labute approximate surface area is 147 Å². The maximum absolute atomic E-state index is 11.2. The molecule has 130 valence electrons. The Hall–Kier alpha value is -3.33. The van der Waals surface area contributed by atoms with Crippen molar-refractivity contribution in [3.63, 3.8) is 0 Å². The summed E-state index contributed by atoms with van der Waals surface area (Å²) in [6.07, 6.45) is 1.49. The van der Waals surface area contributed by atoms with Gasteiger partial charge in [-0.25, -0.2) is 0 Å². The van der Waals surface area contributed by atoms with E-state index in [-0.39, 0.29) is 5.69 Å². The first-order chi connectivity index (χ1) is 12.1.